The van der Waals surface area contributed by atoms with Crippen molar-refractivity contribution in [2.75, 3.05) is 17.2 Å². The smallest absolute Gasteiger partial charge is 0.243 e. The number of amides is 1. The van der Waals surface area contributed by atoms with Crippen LogP contribution in [0.15, 0.2) is 48.5 Å². The Morgan fingerprint density at radius 3 is 2.63 bits per heavy atom. The summed E-state index contributed by atoms with van der Waals surface area (Å²) in [5, 5.41) is 5.51. The van der Waals surface area contributed by atoms with Gasteiger partial charge in [-0.2, -0.15) is 0 Å². The van der Waals surface area contributed by atoms with Crippen molar-refractivity contribution in [3.05, 3.63) is 59.9 Å². The Labute approximate surface area is 111 Å². The highest BCUT2D eigenvalue weighted by Crippen LogP contribution is 2.15. The van der Waals surface area contributed by atoms with Crippen LogP contribution in [0.1, 0.15) is 5.56 Å². The van der Waals surface area contributed by atoms with Crippen molar-refractivity contribution >= 4 is 17.3 Å². The third kappa shape index (κ3) is 3.81. The Bertz CT molecular complexity index is 570. The van der Waals surface area contributed by atoms with Gasteiger partial charge in [0.2, 0.25) is 5.91 Å². The zero-order chi connectivity index (χ0) is 13.7. The molecule has 0 radical (unpaired) electrons. The normalized spacial score (nSPS) is 10.0. The highest BCUT2D eigenvalue weighted by molar-refractivity contribution is 5.93. The number of halogens is 1. The van der Waals surface area contributed by atoms with Crippen molar-refractivity contribution in [3.8, 4) is 0 Å². The van der Waals surface area contributed by atoms with Gasteiger partial charge in [0.25, 0.3) is 0 Å². The minimum atomic E-state index is -0.432. The second kappa shape index (κ2) is 6.00. The summed E-state index contributed by atoms with van der Waals surface area (Å²) in [6.45, 7) is 1.94. The molecule has 0 atom stereocenters. The molecule has 0 aliphatic carbocycles. The third-order valence-corrected chi connectivity index (χ3v) is 2.62. The number of carbonyl (C=O) groups is 1. The van der Waals surface area contributed by atoms with Crippen LogP contribution in [0, 0.1) is 12.7 Å². The molecule has 19 heavy (non-hydrogen) atoms. The van der Waals surface area contributed by atoms with Crippen LogP contribution >= 0.6 is 0 Å². The van der Waals surface area contributed by atoms with Gasteiger partial charge >= 0.3 is 0 Å². The maximum atomic E-state index is 13.5. The fourth-order valence-corrected chi connectivity index (χ4v) is 1.67. The quantitative estimate of drug-likeness (QED) is 0.884. The second-order valence-corrected chi connectivity index (χ2v) is 4.25. The Morgan fingerprint density at radius 2 is 1.89 bits per heavy atom. The second-order valence-electron chi connectivity index (χ2n) is 4.25. The number of para-hydroxylation sites is 1. The molecule has 4 heteroatoms. The lowest BCUT2D eigenvalue weighted by Gasteiger charge is -2.09. The lowest BCUT2D eigenvalue weighted by molar-refractivity contribution is -0.114. The molecule has 0 fully saturated rings. The van der Waals surface area contributed by atoms with E-state index in [0.29, 0.717) is 0 Å². The number of rotatable bonds is 4. The van der Waals surface area contributed by atoms with E-state index >= 15 is 0 Å². The van der Waals surface area contributed by atoms with E-state index in [1.165, 1.54) is 6.07 Å². The van der Waals surface area contributed by atoms with Crippen LogP contribution in [0.3, 0.4) is 0 Å². The summed E-state index contributed by atoms with van der Waals surface area (Å²) in [5.41, 5.74) is 1.95. The molecular formula is C15H15FN2O. The van der Waals surface area contributed by atoms with Crippen LogP contribution in [0.2, 0.25) is 0 Å². The minimum Gasteiger partial charge on any atom is -0.376 e. The molecule has 0 aliphatic rings. The molecule has 98 valence electrons. The van der Waals surface area contributed by atoms with E-state index in [0.717, 1.165) is 11.3 Å². The lowest BCUT2D eigenvalue weighted by atomic mass is 10.2. The molecule has 2 aromatic rings. The minimum absolute atomic E-state index is 0.0946. The van der Waals surface area contributed by atoms with Gasteiger partial charge in [-0.25, -0.2) is 4.39 Å². The van der Waals surface area contributed by atoms with Crippen LogP contribution < -0.4 is 10.6 Å². The molecule has 1 amide bonds. The van der Waals surface area contributed by atoms with Gasteiger partial charge < -0.3 is 10.6 Å². The lowest BCUT2D eigenvalue weighted by Crippen LogP contribution is -2.22. The molecule has 0 aliphatic heterocycles. The van der Waals surface area contributed by atoms with Gasteiger partial charge in [-0.15, -0.1) is 0 Å². The van der Waals surface area contributed by atoms with Crippen molar-refractivity contribution < 1.29 is 9.18 Å². The highest BCUT2D eigenvalue weighted by atomic mass is 19.1. The zero-order valence-electron chi connectivity index (χ0n) is 10.6. The fraction of sp³-hybridized carbons (Fsp3) is 0.133. The van der Waals surface area contributed by atoms with Gasteiger partial charge in [-0.1, -0.05) is 24.3 Å². The number of aryl methyl sites for hydroxylation is 1. The van der Waals surface area contributed by atoms with E-state index in [-0.39, 0.29) is 18.1 Å². The summed E-state index contributed by atoms with van der Waals surface area (Å²) in [6, 6.07) is 14.0. The van der Waals surface area contributed by atoms with E-state index < -0.39 is 5.82 Å². The van der Waals surface area contributed by atoms with Crippen LogP contribution in [-0.2, 0) is 4.79 Å². The van der Waals surface area contributed by atoms with Crippen molar-refractivity contribution in [1.29, 1.82) is 0 Å². The van der Waals surface area contributed by atoms with E-state index in [4.69, 9.17) is 0 Å². The summed E-state index contributed by atoms with van der Waals surface area (Å²) in [4.78, 5) is 11.7. The van der Waals surface area contributed by atoms with Gasteiger partial charge in [-0.3, -0.25) is 4.79 Å². The molecule has 0 bridgehead atoms. The van der Waals surface area contributed by atoms with Crippen LogP contribution in [0.4, 0.5) is 15.8 Å². The molecule has 0 unspecified atom stereocenters. The van der Waals surface area contributed by atoms with E-state index in [2.05, 4.69) is 10.6 Å². The van der Waals surface area contributed by atoms with Crippen molar-refractivity contribution in [2.45, 2.75) is 6.92 Å². The third-order valence-electron chi connectivity index (χ3n) is 2.62. The van der Waals surface area contributed by atoms with Gasteiger partial charge in [0.05, 0.1) is 12.2 Å². The number of hydrogen-bond acceptors (Lipinski definition) is 2. The van der Waals surface area contributed by atoms with Crippen LogP contribution in [0.25, 0.3) is 0 Å². The predicted molar refractivity (Wildman–Crippen MR) is 74.7 cm³/mol. The molecule has 2 N–H and O–H groups in total. The fourth-order valence-electron chi connectivity index (χ4n) is 1.67. The van der Waals surface area contributed by atoms with E-state index in [9.17, 15) is 9.18 Å². The SMILES string of the molecule is Cc1ccc(F)c(NC(=O)CNc2ccccc2)c1. The molecule has 2 rings (SSSR count). The topological polar surface area (TPSA) is 41.1 Å². The molecule has 0 saturated heterocycles. The summed E-state index contributed by atoms with van der Waals surface area (Å²) in [7, 11) is 0. The number of anilines is 2. The largest absolute Gasteiger partial charge is 0.376 e. The Kier molecular flexibility index (Phi) is 4.13. The van der Waals surface area contributed by atoms with Crippen molar-refractivity contribution in [3.63, 3.8) is 0 Å². The Morgan fingerprint density at radius 1 is 1.16 bits per heavy atom. The first kappa shape index (κ1) is 13.1. The number of hydrogen-bond donors (Lipinski definition) is 2. The summed E-state index contributed by atoms with van der Waals surface area (Å²) in [5.74, 6) is -0.716. The van der Waals surface area contributed by atoms with Gasteiger partial charge in [0, 0.05) is 5.69 Å². The summed E-state index contributed by atoms with van der Waals surface area (Å²) >= 11 is 0. The molecule has 2 aromatic carbocycles. The van der Waals surface area contributed by atoms with Gasteiger partial charge in [-0.05, 0) is 36.8 Å². The van der Waals surface area contributed by atoms with Crippen LogP contribution in [0.5, 0.6) is 0 Å². The molecule has 3 nitrogen and oxygen atoms in total. The molecular weight excluding hydrogens is 243 g/mol. The highest BCUT2D eigenvalue weighted by Gasteiger charge is 2.06. The van der Waals surface area contributed by atoms with Crippen molar-refractivity contribution in [2.24, 2.45) is 0 Å². The molecule has 0 aromatic heterocycles. The van der Waals surface area contributed by atoms with Crippen molar-refractivity contribution in [1.82, 2.24) is 0 Å². The van der Waals surface area contributed by atoms with Gasteiger partial charge in [0.1, 0.15) is 5.82 Å². The summed E-state index contributed by atoms with van der Waals surface area (Å²) in [6.07, 6.45) is 0. The average Bonchev–Trinajstić information content (AvgIpc) is 2.42. The number of carbonyl (C=O) groups excluding carboxylic acids is 1. The predicted octanol–water partition coefficient (Wildman–Crippen LogP) is 3.18. The first-order valence-corrected chi connectivity index (χ1v) is 6.00. The molecule has 0 spiro atoms. The number of nitrogens with one attached hydrogen (secondary N) is 2. The molecule has 0 saturated carbocycles. The first-order valence-electron chi connectivity index (χ1n) is 6.00. The first-order chi connectivity index (χ1) is 9.15. The maximum Gasteiger partial charge on any atom is 0.243 e. The molecule has 0 heterocycles. The maximum absolute atomic E-state index is 13.5. The Balaban J connectivity index is 1.93. The Hall–Kier alpha value is -2.36. The van der Waals surface area contributed by atoms with E-state index in [1.54, 1.807) is 12.1 Å². The van der Waals surface area contributed by atoms with Gasteiger partial charge in [0.15, 0.2) is 0 Å². The van der Waals surface area contributed by atoms with E-state index in [1.807, 2.05) is 37.3 Å². The number of benzene rings is 2. The zero-order valence-corrected chi connectivity index (χ0v) is 10.6. The average molecular weight is 258 g/mol. The van der Waals surface area contributed by atoms with Crippen LogP contribution in [-0.4, -0.2) is 12.5 Å². The summed E-state index contributed by atoms with van der Waals surface area (Å²) < 4.78 is 13.5. The standard InChI is InChI=1S/C15H15FN2O/c1-11-7-8-13(16)14(9-11)18-15(19)10-17-12-5-3-2-4-6-12/h2-9,17H,10H2,1H3,(H,18,19). The monoisotopic (exact) mass is 258 g/mol.